The lowest BCUT2D eigenvalue weighted by Gasteiger charge is -2.43. The summed E-state index contributed by atoms with van der Waals surface area (Å²) in [5.74, 6) is 0.277. The van der Waals surface area contributed by atoms with Crippen molar-refractivity contribution in [2.24, 2.45) is 5.41 Å². The fourth-order valence-electron chi connectivity index (χ4n) is 3.95. The Labute approximate surface area is 129 Å². The lowest BCUT2D eigenvalue weighted by atomic mass is 9.74. The number of hydrogen-bond donors (Lipinski definition) is 0. The van der Waals surface area contributed by atoms with Crippen LogP contribution in [-0.4, -0.2) is 44.3 Å². The first-order valence-corrected chi connectivity index (χ1v) is 10.4. The molecule has 0 aromatic rings. The second-order valence-electron chi connectivity index (χ2n) is 7.07. The van der Waals surface area contributed by atoms with Gasteiger partial charge in [-0.2, -0.15) is 0 Å². The Morgan fingerprint density at radius 1 is 1.05 bits per heavy atom. The van der Waals surface area contributed by atoms with Crippen molar-refractivity contribution >= 4 is 15.7 Å². The summed E-state index contributed by atoms with van der Waals surface area (Å²) in [4.78, 5) is 14.3. The average molecular weight is 315 g/mol. The molecule has 5 heteroatoms. The predicted octanol–water partition coefficient (Wildman–Crippen LogP) is 2.77. The molecule has 1 spiro atoms. The van der Waals surface area contributed by atoms with Crippen LogP contribution < -0.4 is 0 Å². The Hall–Kier alpha value is -0.580. The van der Waals surface area contributed by atoms with Gasteiger partial charge in [0.05, 0.1) is 5.75 Å². The van der Waals surface area contributed by atoms with Gasteiger partial charge in [0, 0.05) is 25.8 Å². The molecule has 1 heterocycles. The zero-order valence-electron chi connectivity index (χ0n) is 13.3. The number of carbonyl (C=O) groups excluding carboxylic acids is 1. The number of sulfone groups is 1. The molecule has 0 radical (unpaired) electrons. The smallest absolute Gasteiger partial charge is 0.222 e. The van der Waals surface area contributed by atoms with Crippen molar-refractivity contribution in [3.05, 3.63) is 0 Å². The zero-order valence-corrected chi connectivity index (χ0v) is 14.1. The van der Waals surface area contributed by atoms with Crippen molar-refractivity contribution in [2.75, 3.05) is 25.1 Å². The third-order valence-electron chi connectivity index (χ3n) is 5.08. The van der Waals surface area contributed by atoms with Gasteiger partial charge in [-0.25, -0.2) is 8.42 Å². The zero-order chi connectivity index (χ0) is 15.3. The van der Waals surface area contributed by atoms with Gasteiger partial charge >= 0.3 is 0 Å². The summed E-state index contributed by atoms with van der Waals surface area (Å²) < 4.78 is 22.3. The van der Waals surface area contributed by atoms with Crippen molar-refractivity contribution in [1.29, 1.82) is 0 Å². The van der Waals surface area contributed by atoms with Crippen LogP contribution in [0.2, 0.25) is 0 Å². The standard InChI is InChI=1S/C16H29NO3S/c1-21(19,20)13-6-8-15(18)17-12-7-11-16(14-17)9-4-2-3-5-10-16/h2-14H2,1H3. The summed E-state index contributed by atoms with van der Waals surface area (Å²) >= 11 is 0. The summed E-state index contributed by atoms with van der Waals surface area (Å²) in [5.41, 5.74) is 0.362. The minimum atomic E-state index is -2.95. The van der Waals surface area contributed by atoms with Crippen LogP contribution in [0.1, 0.15) is 64.2 Å². The van der Waals surface area contributed by atoms with E-state index in [-0.39, 0.29) is 11.7 Å². The normalized spacial score (nSPS) is 23.0. The van der Waals surface area contributed by atoms with Gasteiger partial charge in [-0.1, -0.05) is 25.7 Å². The molecule has 0 aromatic heterocycles. The van der Waals surface area contributed by atoms with E-state index >= 15 is 0 Å². The van der Waals surface area contributed by atoms with E-state index in [1.807, 2.05) is 4.90 Å². The molecule has 1 saturated carbocycles. The SMILES string of the molecule is CS(=O)(=O)CCCC(=O)N1CCCC2(CCCCCC2)C1. The number of amides is 1. The van der Waals surface area contributed by atoms with Crippen molar-refractivity contribution < 1.29 is 13.2 Å². The molecular weight excluding hydrogens is 286 g/mol. The van der Waals surface area contributed by atoms with Crippen molar-refractivity contribution in [3.8, 4) is 0 Å². The lowest BCUT2D eigenvalue weighted by molar-refractivity contribution is -0.135. The monoisotopic (exact) mass is 315 g/mol. The van der Waals surface area contributed by atoms with E-state index in [9.17, 15) is 13.2 Å². The molecule has 0 atom stereocenters. The van der Waals surface area contributed by atoms with Crippen LogP contribution in [0.5, 0.6) is 0 Å². The molecule has 0 aromatic carbocycles. The Morgan fingerprint density at radius 2 is 1.67 bits per heavy atom. The van der Waals surface area contributed by atoms with Gasteiger partial charge in [0.2, 0.25) is 5.91 Å². The van der Waals surface area contributed by atoms with Crippen LogP contribution >= 0.6 is 0 Å². The maximum Gasteiger partial charge on any atom is 0.222 e. The van der Waals surface area contributed by atoms with Crippen LogP contribution in [0.25, 0.3) is 0 Å². The van der Waals surface area contributed by atoms with E-state index in [1.54, 1.807) is 0 Å². The van der Waals surface area contributed by atoms with Crippen LogP contribution in [0.3, 0.4) is 0 Å². The van der Waals surface area contributed by atoms with Gasteiger partial charge in [-0.05, 0) is 37.5 Å². The second-order valence-corrected chi connectivity index (χ2v) is 9.33. The Morgan fingerprint density at radius 3 is 2.29 bits per heavy atom. The van der Waals surface area contributed by atoms with E-state index in [2.05, 4.69) is 0 Å². The molecule has 2 aliphatic rings. The van der Waals surface area contributed by atoms with Gasteiger partial charge in [0.1, 0.15) is 9.84 Å². The third kappa shape index (κ3) is 5.28. The highest BCUT2D eigenvalue weighted by molar-refractivity contribution is 7.90. The van der Waals surface area contributed by atoms with Crippen molar-refractivity contribution in [1.82, 2.24) is 4.90 Å². The Kier molecular flexibility index (Phi) is 5.69. The van der Waals surface area contributed by atoms with Crippen LogP contribution in [0.15, 0.2) is 0 Å². The van der Waals surface area contributed by atoms with Crippen LogP contribution in [0, 0.1) is 5.41 Å². The minimum Gasteiger partial charge on any atom is -0.342 e. The van der Waals surface area contributed by atoms with Gasteiger partial charge in [-0.3, -0.25) is 4.79 Å². The van der Waals surface area contributed by atoms with E-state index in [0.29, 0.717) is 18.3 Å². The molecule has 1 amide bonds. The molecule has 1 saturated heterocycles. The summed E-state index contributed by atoms with van der Waals surface area (Å²) in [6.45, 7) is 1.77. The Bertz CT molecular complexity index is 450. The van der Waals surface area contributed by atoms with E-state index < -0.39 is 9.84 Å². The molecular formula is C16H29NO3S. The molecule has 1 aliphatic heterocycles. The lowest BCUT2D eigenvalue weighted by Crippen LogP contribution is -2.46. The van der Waals surface area contributed by atoms with E-state index in [1.165, 1.54) is 51.2 Å². The van der Waals surface area contributed by atoms with E-state index in [4.69, 9.17) is 0 Å². The highest BCUT2D eigenvalue weighted by atomic mass is 32.2. The molecule has 2 fully saturated rings. The number of rotatable bonds is 4. The van der Waals surface area contributed by atoms with Gasteiger partial charge < -0.3 is 4.90 Å². The maximum atomic E-state index is 12.3. The number of carbonyl (C=O) groups is 1. The number of nitrogens with zero attached hydrogens (tertiary/aromatic N) is 1. The van der Waals surface area contributed by atoms with Gasteiger partial charge in [0.15, 0.2) is 0 Å². The average Bonchev–Trinajstić information content (AvgIpc) is 2.63. The Balaban J connectivity index is 1.86. The third-order valence-corrected chi connectivity index (χ3v) is 6.11. The summed E-state index contributed by atoms with van der Waals surface area (Å²) in [7, 11) is -2.95. The first kappa shape index (κ1) is 16.8. The number of likely N-dealkylation sites (tertiary alicyclic amines) is 1. The van der Waals surface area contributed by atoms with Gasteiger partial charge in [-0.15, -0.1) is 0 Å². The topological polar surface area (TPSA) is 54.5 Å². The van der Waals surface area contributed by atoms with Crippen LogP contribution in [0.4, 0.5) is 0 Å². The molecule has 0 unspecified atom stereocenters. The highest BCUT2D eigenvalue weighted by Gasteiger charge is 2.36. The second kappa shape index (κ2) is 7.12. The molecule has 0 bridgehead atoms. The van der Waals surface area contributed by atoms with Gasteiger partial charge in [0.25, 0.3) is 0 Å². The van der Waals surface area contributed by atoms with E-state index in [0.717, 1.165) is 19.5 Å². The minimum absolute atomic E-state index is 0.123. The molecule has 1 aliphatic carbocycles. The first-order valence-electron chi connectivity index (χ1n) is 8.36. The largest absolute Gasteiger partial charge is 0.342 e. The molecule has 2 rings (SSSR count). The van der Waals surface area contributed by atoms with Crippen LogP contribution in [-0.2, 0) is 14.6 Å². The van der Waals surface area contributed by atoms with Crippen molar-refractivity contribution in [2.45, 2.75) is 64.2 Å². The number of piperidine rings is 1. The van der Waals surface area contributed by atoms with Crippen molar-refractivity contribution in [3.63, 3.8) is 0 Å². The highest BCUT2D eigenvalue weighted by Crippen LogP contribution is 2.42. The summed E-state index contributed by atoms with van der Waals surface area (Å²) in [6.07, 6.45) is 12.3. The fraction of sp³-hybridized carbons (Fsp3) is 0.938. The quantitative estimate of drug-likeness (QED) is 0.801. The maximum absolute atomic E-state index is 12.3. The molecule has 4 nitrogen and oxygen atoms in total. The molecule has 0 N–H and O–H groups in total. The fourth-order valence-corrected chi connectivity index (χ4v) is 4.62. The molecule has 21 heavy (non-hydrogen) atoms. The predicted molar refractivity (Wildman–Crippen MR) is 84.9 cm³/mol. The summed E-state index contributed by atoms with van der Waals surface area (Å²) in [6, 6.07) is 0. The number of hydrogen-bond acceptors (Lipinski definition) is 3. The first-order chi connectivity index (χ1) is 9.90. The summed E-state index contributed by atoms with van der Waals surface area (Å²) in [5, 5.41) is 0. The molecule has 122 valence electrons.